The van der Waals surface area contributed by atoms with E-state index in [0.29, 0.717) is 36.0 Å². The SMILES string of the molecule is COc1ccc(OC)c(-c2cc(C(=O)NCCNc3cc(N4CCCC4)nc(C)n3)n(C)n2)c1. The summed E-state index contributed by atoms with van der Waals surface area (Å²) in [5.74, 6) is 3.58. The average molecular weight is 466 g/mol. The molecule has 1 aliphatic heterocycles. The molecule has 1 fully saturated rings. The molecule has 2 N–H and O–H groups in total. The van der Waals surface area contributed by atoms with Gasteiger partial charge in [-0.25, -0.2) is 9.97 Å². The van der Waals surface area contributed by atoms with E-state index in [0.717, 1.165) is 36.1 Å². The van der Waals surface area contributed by atoms with Crippen molar-refractivity contribution in [2.24, 2.45) is 7.05 Å². The van der Waals surface area contributed by atoms with Gasteiger partial charge in [-0.1, -0.05) is 0 Å². The Hall–Kier alpha value is -3.82. The molecule has 0 unspecified atom stereocenters. The van der Waals surface area contributed by atoms with Crippen LogP contribution in [0.1, 0.15) is 29.2 Å². The van der Waals surface area contributed by atoms with Gasteiger partial charge in [-0.15, -0.1) is 0 Å². The monoisotopic (exact) mass is 465 g/mol. The van der Waals surface area contributed by atoms with Crippen LogP contribution in [0.3, 0.4) is 0 Å². The van der Waals surface area contributed by atoms with Crippen molar-refractivity contribution >= 4 is 17.5 Å². The molecule has 1 saturated heterocycles. The number of ether oxygens (including phenoxy) is 2. The number of methoxy groups -OCH3 is 2. The molecule has 0 atom stereocenters. The van der Waals surface area contributed by atoms with Crippen molar-refractivity contribution in [3.8, 4) is 22.8 Å². The normalized spacial score (nSPS) is 13.1. The van der Waals surface area contributed by atoms with Crippen LogP contribution in [0.5, 0.6) is 11.5 Å². The number of benzene rings is 1. The zero-order valence-electron chi connectivity index (χ0n) is 20.1. The lowest BCUT2D eigenvalue weighted by Crippen LogP contribution is -2.30. The molecule has 0 spiro atoms. The van der Waals surface area contributed by atoms with Crippen LogP contribution in [0.25, 0.3) is 11.3 Å². The summed E-state index contributed by atoms with van der Waals surface area (Å²) in [5.41, 5.74) is 1.84. The van der Waals surface area contributed by atoms with Crippen LogP contribution in [-0.2, 0) is 7.05 Å². The molecule has 2 aromatic heterocycles. The Labute approximate surface area is 199 Å². The van der Waals surface area contributed by atoms with Crippen LogP contribution in [0, 0.1) is 6.92 Å². The Balaban J connectivity index is 1.37. The van der Waals surface area contributed by atoms with Crippen LogP contribution in [-0.4, -0.2) is 66.1 Å². The summed E-state index contributed by atoms with van der Waals surface area (Å²) in [6, 6.07) is 9.19. The zero-order valence-corrected chi connectivity index (χ0v) is 20.1. The summed E-state index contributed by atoms with van der Waals surface area (Å²) < 4.78 is 12.3. The lowest BCUT2D eigenvalue weighted by atomic mass is 10.1. The molecule has 0 saturated carbocycles. The molecule has 10 nitrogen and oxygen atoms in total. The van der Waals surface area contributed by atoms with Gasteiger partial charge >= 0.3 is 0 Å². The van der Waals surface area contributed by atoms with E-state index >= 15 is 0 Å². The van der Waals surface area contributed by atoms with E-state index in [1.807, 2.05) is 31.2 Å². The summed E-state index contributed by atoms with van der Waals surface area (Å²) in [4.78, 5) is 24.1. The van der Waals surface area contributed by atoms with Crippen LogP contribution >= 0.6 is 0 Å². The number of carbonyl (C=O) groups is 1. The smallest absolute Gasteiger partial charge is 0.269 e. The first-order valence-corrected chi connectivity index (χ1v) is 11.4. The summed E-state index contributed by atoms with van der Waals surface area (Å²) in [6.07, 6.45) is 2.39. The van der Waals surface area contributed by atoms with Gasteiger partial charge in [0.05, 0.1) is 19.9 Å². The molecule has 1 amide bonds. The minimum atomic E-state index is -0.207. The molecule has 180 valence electrons. The van der Waals surface area contributed by atoms with Crippen molar-refractivity contribution in [2.75, 3.05) is 50.6 Å². The van der Waals surface area contributed by atoms with Gasteiger partial charge in [-0.3, -0.25) is 9.48 Å². The molecule has 4 rings (SSSR count). The molecular formula is C24H31N7O3. The van der Waals surface area contributed by atoms with E-state index in [-0.39, 0.29) is 5.91 Å². The van der Waals surface area contributed by atoms with Gasteiger partial charge in [0.1, 0.15) is 34.7 Å². The van der Waals surface area contributed by atoms with E-state index in [9.17, 15) is 4.79 Å². The number of hydrogen-bond donors (Lipinski definition) is 2. The third-order valence-corrected chi connectivity index (χ3v) is 5.77. The van der Waals surface area contributed by atoms with Crippen LogP contribution in [0.15, 0.2) is 30.3 Å². The van der Waals surface area contributed by atoms with E-state index in [1.54, 1.807) is 32.0 Å². The Morgan fingerprint density at radius 1 is 1.06 bits per heavy atom. The first kappa shape index (κ1) is 23.3. The van der Waals surface area contributed by atoms with Gasteiger partial charge in [0, 0.05) is 44.9 Å². The van der Waals surface area contributed by atoms with Crippen LogP contribution in [0.4, 0.5) is 11.6 Å². The van der Waals surface area contributed by atoms with Crippen LogP contribution < -0.4 is 25.0 Å². The predicted molar refractivity (Wildman–Crippen MR) is 131 cm³/mol. The third-order valence-electron chi connectivity index (χ3n) is 5.77. The number of rotatable bonds is 9. The molecule has 1 aromatic carbocycles. The number of anilines is 2. The Morgan fingerprint density at radius 2 is 1.85 bits per heavy atom. The molecule has 1 aliphatic rings. The minimum absolute atomic E-state index is 0.207. The largest absolute Gasteiger partial charge is 0.497 e. The van der Waals surface area contributed by atoms with Crippen molar-refractivity contribution in [3.05, 3.63) is 41.9 Å². The fourth-order valence-electron chi connectivity index (χ4n) is 4.03. The average Bonchev–Trinajstić information content (AvgIpc) is 3.51. The Morgan fingerprint density at radius 3 is 2.59 bits per heavy atom. The molecule has 3 aromatic rings. The standard InChI is InChI=1S/C24H31N7O3/c1-16-27-22(15-23(28-16)31-11-5-6-12-31)25-9-10-26-24(32)20-14-19(29-30(20)2)18-13-17(33-3)7-8-21(18)34-4/h7-8,13-15H,5-6,9-12H2,1-4H3,(H,26,32)(H,25,27,28). The number of nitrogens with zero attached hydrogens (tertiary/aromatic N) is 5. The van der Waals surface area contributed by atoms with Gasteiger partial charge in [0.25, 0.3) is 5.91 Å². The number of carbonyl (C=O) groups excluding carboxylic acids is 1. The second-order valence-electron chi connectivity index (χ2n) is 8.14. The van der Waals surface area contributed by atoms with Gasteiger partial charge in [-0.2, -0.15) is 5.10 Å². The van der Waals surface area contributed by atoms with Crippen molar-refractivity contribution < 1.29 is 14.3 Å². The number of hydrogen-bond acceptors (Lipinski definition) is 8. The van der Waals surface area contributed by atoms with Crippen molar-refractivity contribution in [2.45, 2.75) is 19.8 Å². The first-order valence-electron chi connectivity index (χ1n) is 11.4. The Kier molecular flexibility index (Phi) is 7.15. The van der Waals surface area contributed by atoms with E-state index in [1.165, 1.54) is 12.8 Å². The maximum Gasteiger partial charge on any atom is 0.269 e. The van der Waals surface area contributed by atoms with Gasteiger partial charge in [0.2, 0.25) is 0 Å². The van der Waals surface area contributed by atoms with E-state index in [2.05, 4.69) is 30.6 Å². The lowest BCUT2D eigenvalue weighted by Gasteiger charge is -2.17. The molecule has 10 heteroatoms. The highest BCUT2D eigenvalue weighted by Crippen LogP contribution is 2.33. The van der Waals surface area contributed by atoms with Gasteiger partial charge in [-0.05, 0) is 44.0 Å². The summed E-state index contributed by atoms with van der Waals surface area (Å²) >= 11 is 0. The van der Waals surface area contributed by atoms with Crippen molar-refractivity contribution in [1.29, 1.82) is 0 Å². The first-order chi connectivity index (χ1) is 16.5. The number of nitrogens with one attached hydrogen (secondary N) is 2. The quantitative estimate of drug-likeness (QED) is 0.465. The zero-order chi connectivity index (χ0) is 24.1. The Bertz CT molecular complexity index is 1160. The number of aryl methyl sites for hydroxylation is 2. The topological polar surface area (TPSA) is 106 Å². The maximum atomic E-state index is 12.8. The van der Waals surface area contributed by atoms with Crippen molar-refractivity contribution in [3.63, 3.8) is 0 Å². The van der Waals surface area contributed by atoms with Gasteiger partial charge < -0.3 is 25.0 Å². The van der Waals surface area contributed by atoms with Crippen LogP contribution in [0.2, 0.25) is 0 Å². The fraction of sp³-hybridized carbons (Fsp3) is 0.417. The van der Waals surface area contributed by atoms with E-state index in [4.69, 9.17) is 9.47 Å². The molecular weight excluding hydrogens is 434 g/mol. The molecule has 0 bridgehead atoms. The number of amides is 1. The highest BCUT2D eigenvalue weighted by molar-refractivity contribution is 5.94. The molecule has 34 heavy (non-hydrogen) atoms. The highest BCUT2D eigenvalue weighted by Gasteiger charge is 2.18. The summed E-state index contributed by atoms with van der Waals surface area (Å²) in [6.45, 7) is 4.92. The summed E-state index contributed by atoms with van der Waals surface area (Å²) in [5, 5.41) is 10.7. The fourth-order valence-corrected chi connectivity index (χ4v) is 4.03. The molecule has 0 radical (unpaired) electrons. The van der Waals surface area contributed by atoms with E-state index < -0.39 is 0 Å². The second kappa shape index (κ2) is 10.4. The van der Waals surface area contributed by atoms with Crippen molar-refractivity contribution in [1.82, 2.24) is 25.1 Å². The summed E-state index contributed by atoms with van der Waals surface area (Å²) in [7, 11) is 4.95. The third kappa shape index (κ3) is 5.22. The molecule has 0 aliphatic carbocycles. The lowest BCUT2D eigenvalue weighted by molar-refractivity contribution is 0.0945. The predicted octanol–water partition coefficient (Wildman–Crippen LogP) is 2.64. The minimum Gasteiger partial charge on any atom is -0.497 e. The highest BCUT2D eigenvalue weighted by atomic mass is 16.5. The maximum absolute atomic E-state index is 12.8. The molecule has 3 heterocycles. The van der Waals surface area contributed by atoms with Gasteiger partial charge in [0.15, 0.2) is 0 Å². The number of aromatic nitrogens is 4. The second-order valence-corrected chi connectivity index (χ2v) is 8.14.